The summed E-state index contributed by atoms with van der Waals surface area (Å²) in [5, 5.41) is 0. The highest BCUT2D eigenvalue weighted by atomic mass is 15.1. The highest BCUT2D eigenvalue weighted by Gasteiger charge is 2.16. The molecule has 118 valence electrons. The smallest absolute Gasteiger partial charge is 0.0366 e. The lowest BCUT2D eigenvalue weighted by Gasteiger charge is -2.29. The number of hydrogen-bond donors (Lipinski definition) is 0. The van der Waals surface area contributed by atoms with Crippen LogP contribution in [-0.2, 0) is 6.42 Å². The molecular formula is C22H25N. The SMILES string of the molecule is CCC1=Cc2c(cccc2-c2ccc(N3CCCCC3)cc2)C1. The minimum absolute atomic E-state index is 1.13. The zero-order valence-corrected chi connectivity index (χ0v) is 14.0. The van der Waals surface area contributed by atoms with E-state index in [1.54, 1.807) is 5.57 Å². The Morgan fingerprint density at radius 1 is 0.913 bits per heavy atom. The Kier molecular flexibility index (Phi) is 3.95. The minimum Gasteiger partial charge on any atom is -0.372 e. The number of fused-ring (bicyclic) bond motifs is 1. The average molecular weight is 303 g/mol. The molecule has 0 N–H and O–H groups in total. The third-order valence-electron chi connectivity index (χ3n) is 5.32. The van der Waals surface area contributed by atoms with Crippen LogP contribution in [0, 0.1) is 0 Å². The molecule has 0 amide bonds. The predicted octanol–water partition coefficient (Wildman–Crippen LogP) is 5.69. The first kappa shape index (κ1) is 14.6. The van der Waals surface area contributed by atoms with Crippen molar-refractivity contribution >= 4 is 11.8 Å². The molecule has 1 aliphatic carbocycles. The molecule has 0 saturated carbocycles. The zero-order valence-electron chi connectivity index (χ0n) is 14.0. The first-order valence-corrected chi connectivity index (χ1v) is 9.02. The number of hydrogen-bond acceptors (Lipinski definition) is 1. The van der Waals surface area contributed by atoms with E-state index >= 15 is 0 Å². The van der Waals surface area contributed by atoms with Crippen LogP contribution < -0.4 is 4.90 Å². The Bertz CT molecular complexity index is 718. The van der Waals surface area contributed by atoms with Crippen molar-refractivity contribution in [2.24, 2.45) is 0 Å². The van der Waals surface area contributed by atoms with Gasteiger partial charge in [0, 0.05) is 18.8 Å². The predicted molar refractivity (Wildman–Crippen MR) is 99.9 cm³/mol. The van der Waals surface area contributed by atoms with Gasteiger partial charge in [0.25, 0.3) is 0 Å². The first-order valence-electron chi connectivity index (χ1n) is 9.02. The van der Waals surface area contributed by atoms with E-state index in [9.17, 15) is 0 Å². The van der Waals surface area contributed by atoms with Gasteiger partial charge in [0.2, 0.25) is 0 Å². The van der Waals surface area contributed by atoms with Crippen molar-refractivity contribution < 1.29 is 0 Å². The summed E-state index contributed by atoms with van der Waals surface area (Å²) in [4.78, 5) is 2.53. The van der Waals surface area contributed by atoms with Gasteiger partial charge in [-0.1, -0.05) is 48.9 Å². The molecule has 0 spiro atoms. The highest BCUT2D eigenvalue weighted by molar-refractivity contribution is 5.81. The molecule has 0 radical (unpaired) electrons. The fourth-order valence-electron chi connectivity index (χ4n) is 3.92. The molecule has 1 heterocycles. The maximum Gasteiger partial charge on any atom is 0.0366 e. The molecule has 23 heavy (non-hydrogen) atoms. The van der Waals surface area contributed by atoms with Crippen LogP contribution in [0.3, 0.4) is 0 Å². The van der Waals surface area contributed by atoms with Gasteiger partial charge < -0.3 is 4.90 Å². The van der Waals surface area contributed by atoms with Crippen molar-refractivity contribution in [3.63, 3.8) is 0 Å². The summed E-state index contributed by atoms with van der Waals surface area (Å²) < 4.78 is 0. The van der Waals surface area contributed by atoms with E-state index in [1.807, 2.05) is 0 Å². The van der Waals surface area contributed by atoms with Crippen LogP contribution in [0.5, 0.6) is 0 Å². The van der Waals surface area contributed by atoms with Gasteiger partial charge >= 0.3 is 0 Å². The van der Waals surface area contributed by atoms with E-state index in [1.165, 1.54) is 60.3 Å². The van der Waals surface area contributed by atoms with Crippen molar-refractivity contribution in [1.29, 1.82) is 0 Å². The van der Waals surface area contributed by atoms with Crippen LogP contribution in [0.1, 0.15) is 43.7 Å². The first-order chi connectivity index (χ1) is 11.3. The average Bonchev–Trinajstić information content (AvgIpc) is 3.06. The summed E-state index contributed by atoms with van der Waals surface area (Å²) in [6.07, 6.45) is 8.74. The van der Waals surface area contributed by atoms with E-state index in [0.717, 1.165) is 12.8 Å². The lowest BCUT2D eigenvalue weighted by Crippen LogP contribution is -2.29. The molecule has 2 aromatic carbocycles. The van der Waals surface area contributed by atoms with Crippen molar-refractivity contribution in [3.8, 4) is 11.1 Å². The van der Waals surface area contributed by atoms with Crippen LogP contribution in [0.15, 0.2) is 48.0 Å². The molecule has 0 unspecified atom stereocenters. The second kappa shape index (κ2) is 6.23. The van der Waals surface area contributed by atoms with Crippen molar-refractivity contribution in [2.45, 2.75) is 39.0 Å². The topological polar surface area (TPSA) is 3.24 Å². The van der Waals surface area contributed by atoms with Crippen LogP contribution in [-0.4, -0.2) is 13.1 Å². The summed E-state index contributed by atoms with van der Waals surface area (Å²) >= 11 is 0. The number of piperidine rings is 1. The minimum atomic E-state index is 1.13. The van der Waals surface area contributed by atoms with Gasteiger partial charge in [-0.25, -0.2) is 0 Å². The molecule has 0 atom stereocenters. The molecule has 1 fully saturated rings. The normalized spacial score (nSPS) is 17.1. The second-order valence-corrected chi connectivity index (χ2v) is 6.81. The number of nitrogens with zero attached hydrogens (tertiary/aromatic N) is 1. The Balaban J connectivity index is 1.64. The highest BCUT2D eigenvalue weighted by Crippen LogP contribution is 2.35. The van der Waals surface area contributed by atoms with E-state index in [-0.39, 0.29) is 0 Å². The standard InChI is InChI=1S/C22H25N/c1-2-17-15-19-7-6-8-21(22(19)16-17)18-9-11-20(12-10-18)23-13-4-3-5-14-23/h6-12,16H,2-5,13-15H2,1H3. The number of anilines is 1. The van der Waals surface area contributed by atoms with Crippen molar-refractivity contribution in [3.05, 3.63) is 59.2 Å². The van der Waals surface area contributed by atoms with Gasteiger partial charge in [0.1, 0.15) is 0 Å². The van der Waals surface area contributed by atoms with Crippen LogP contribution in [0.25, 0.3) is 17.2 Å². The largest absolute Gasteiger partial charge is 0.372 e. The molecule has 2 aromatic rings. The quantitative estimate of drug-likeness (QED) is 0.703. The maximum absolute atomic E-state index is 2.53. The lowest BCUT2D eigenvalue weighted by atomic mass is 9.97. The monoisotopic (exact) mass is 303 g/mol. The van der Waals surface area contributed by atoms with Gasteiger partial charge in [-0.05, 0) is 66.5 Å². The van der Waals surface area contributed by atoms with E-state index in [4.69, 9.17) is 0 Å². The summed E-state index contributed by atoms with van der Waals surface area (Å²) in [6.45, 7) is 4.68. The van der Waals surface area contributed by atoms with Gasteiger partial charge in [-0.15, -0.1) is 0 Å². The molecule has 0 aromatic heterocycles. The number of allylic oxidation sites excluding steroid dienone is 1. The molecule has 4 rings (SSSR count). The molecule has 1 saturated heterocycles. The number of rotatable bonds is 3. The number of benzene rings is 2. The van der Waals surface area contributed by atoms with Gasteiger partial charge in [0.05, 0.1) is 0 Å². The molecule has 1 nitrogen and oxygen atoms in total. The third-order valence-corrected chi connectivity index (χ3v) is 5.32. The Morgan fingerprint density at radius 3 is 2.43 bits per heavy atom. The fourth-order valence-corrected chi connectivity index (χ4v) is 3.92. The third kappa shape index (κ3) is 2.81. The molecule has 1 heteroatoms. The molecule has 2 aliphatic rings. The zero-order chi connectivity index (χ0) is 15.6. The van der Waals surface area contributed by atoms with Crippen molar-refractivity contribution in [2.75, 3.05) is 18.0 Å². The summed E-state index contributed by atoms with van der Waals surface area (Å²) in [5.74, 6) is 0. The Morgan fingerprint density at radius 2 is 1.70 bits per heavy atom. The molecule has 1 aliphatic heterocycles. The van der Waals surface area contributed by atoms with Gasteiger partial charge in [0.15, 0.2) is 0 Å². The molecule has 0 bridgehead atoms. The van der Waals surface area contributed by atoms with Gasteiger partial charge in [-0.2, -0.15) is 0 Å². The summed E-state index contributed by atoms with van der Waals surface area (Å²) in [6, 6.07) is 16.0. The van der Waals surface area contributed by atoms with Gasteiger partial charge in [-0.3, -0.25) is 0 Å². The lowest BCUT2D eigenvalue weighted by molar-refractivity contribution is 0.578. The molecular weight excluding hydrogens is 278 g/mol. The summed E-state index contributed by atoms with van der Waals surface area (Å²) in [5.41, 5.74) is 8.59. The van der Waals surface area contributed by atoms with E-state index in [2.05, 4.69) is 60.4 Å². The van der Waals surface area contributed by atoms with Crippen LogP contribution in [0.2, 0.25) is 0 Å². The van der Waals surface area contributed by atoms with Crippen LogP contribution in [0.4, 0.5) is 5.69 Å². The van der Waals surface area contributed by atoms with E-state index in [0.29, 0.717) is 0 Å². The fraction of sp³-hybridized carbons (Fsp3) is 0.364. The van der Waals surface area contributed by atoms with Crippen LogP contribution >= 0.6 is 0 Å². The summed E-state index contributed by atoms with van der Waals surface area (Å²) in [7, 11) is 0. The van der Waals surface area contributed by atoms with Crippen molar-refractivity contribution in [1.82, 2.24) is 0 Å². The Labute approximate surface area is 139 Å². The second-order valence-electron chi connectivity index (χ2n) is 6.81. The Hall–Kier alpha value is -2.02. The van der Waals surface area contributed by atoms with E-state index < -0.39 is 0 Å². The maximum atomic E-state index is 2.53.